The van der Waals surface area contributed by atoms with E-state index in [2.05, 4.69) is 41.6 Å². The summed E-state index contributed by atoms with van der Waals surface area (Å²) in [4.78, 5) is 15.8. The molecule has 3 aliphatic rings. The molecule has 4 rings (SSSR count). The molecular weight excluding hydrogens is 312 g/mol. The number of hydrogen-bond donors (Lipinski definition) is 3. The normalized spacial score (nSPS) is 22.0. The number of hydrogen-bond acceptors (Lipinski definition) is 3. The van der Waals surface area contributed by atoms with Gasteiger partial charge in [0.05, 0.1) is 11.3 Å². The molecule has 1 aliphatic heterocycles. The van der Waals surface area contributed by atoms with E-state index in [1.165, 1.54) is 29.7 Å². The predicted molar refractivity (Wildman–Crippen MR) is 101 cm³/mol. The molecule has 0 unspecified atom stereocenters. The van der Waals surface area contributed by atoms with Crippen molar-refractivity contribution < 1.29 is 4.79 Å². The van der Waals surface area contributed by atoms with Crippen LogP contribution in [0.1, 0.15) is 68.0 Å². The Hall–Kier alpha value is -1.88. The number of aryl methyl sites for hydroxylation is 1. The van der Waals surface area contributed by atoms with Crippen molar-refractivity contribution in [2.45, 2.75) is 64.8 Å². The lowest BCUT2D eigenvalue weighted by atomic mass is 9.94. The summed E-state index contributed by atoms with van der Waals surface area (Å²) >= 11 is 0. The van der Waals surface area contributed by atoms with Crippen LogP contribution in [0, 0.1) is 12.8 Å². The molecule has 2 saturated carbocycles. The largest absolute Gasteiger partial charge is 0.359 e. The average Bonchev–Trinajstić information content (AvgIpc) is 3.47. The number of H-pyrrole nitrogens is 1. The highest BCUT2D eigenvalue weighted by Crippen LogP contribution is 2.36. The number of nitrogens with zero attached hydrogens (tertiary/aromatic N) is 1. The molecule has 5 heteroatoms. The Morgan fingerprint density at radius 3 is 2.68 bits per heavy atom. The number of aromatic nitrogens is 1. The second-order valence-electron chi connectivity index (χ2n) is 7.96. The summed E-state index contributed by atoms with van der Waals surface area (Å²) in [5.41, 5.74) is 9.38. The highest BCUT2D eigenvalue weighted by Gasteiger charge is 2.36. The standard InChI is InChI=1S/C20H28N4O/c1-11(2)18-15(8-9-21-14-6-7-14)12(3)22-17(18)10-16-19(13-4-5-13)23-24-20(16)25/h10-11,13-14,21-22H,4-9H2,1-3H3,(H,24,25)/b16-10+. The van der Waals surface area contributed by atoms with Gasteiger partial charge in [0.2, 0.25) is 0 Å². The Morgan fingerprint density at radius 1 is 1.28 bits per heavy atom. The minimum Gasteiger partial charge on any atom is -0.359 e. The first-order valence-electron chi connectivity index (χ1n) is 9.59. The van der Waals surface area contributed by atoms with Gasteiger partial charge in [0.15, 0.2) is 0 Å². The van der Waals surface area contributed by atoms with Gasteiger partial charge in [-0.2, -0.15) is 5.10 Å². The molecule has 0 bridgehead atoms. The average molecular weight is 340 g/mol. The van der Waals surface area contributed by atoms with Crippen LogP contribution in [-0.2, 0) is 11.2 Å². The molecule has 1 amide bonds. The molecule has 1 aromatic heterocycles. The summed E-state index contributed by atoms with van der Waals surface area (Å²) in [5.74, 6) is 0.810. The molecular formula is C20H28N4O. The second kappa shape index (κ2) is 6.45. The van der Waals surface area contributed by atoms with Crippen LogP contribution in [0.2, 0.25) is 0 Å². The van der Waals surface area contributed by atoms with Gasteiger partial charge in [0.1, 0.15) is 0 Å². The first-order chi connectivity index (χ1) is 12.0. The number of hydrazone groups is 1. The first-order valence-corrected chi connectivity index (χ1v) is 9.59. The fourth-order valence-electron chi connectivity index (χ4n) is 3.79. The summed E-state index contributed by atoms with van der Waals surface area (Å²) in [6, 6.07) is 0.739. The molecule has 0 spiro atoms. The SMILES string of the molecule is Cc1[nH]c(/C=C2/C(=O)NN=C2C2CC2)c(C(C)C)c1CCNC1CC1. The molecule has 1 aromatic rings. The molecule has 2 fully saturated rings. The van der Waals surface area contributed by atoms with Gasteiger partial charge in [-0.05, 0) is 68.7 Å². The highest BCUT2D eigenvalue weighted by molar-refractivity contribution is 6.28. The number of carbonyl (C=O) groups excluding carboxylic acids is 1. The zero-order valence-electron chi connectivity index (χ0n) is 15.4. The number of amides is 1. The van der Waals surface area contributed by atoms with Crippen molar-refractivity contribution in [3.8, 4) is 0 Å². The number of carbonyl (C=O) groups is 1. The lowest BCUT2D eigenvalue weighted by Crippen LogP contribution is -2.19. The van der Waals surface area contributed by atoms with Crippen molar-refractivity contribution in [2.24, 2.45) is 11.0 Å². The van der Waals surface area contributed by atoms with E-state index < -0.39 is 0 Å². The van der Waals surface area contributed by atoms with Crippen molar-refractivity contribution >= 4 is 17.7 Å². The van der Waals surface area contributed by atoms with Crippen LogP contribution >= 0.6 is 0 Å². The summed E-state index contributed by atoms with van der Waals surface area (Å²) < 4.78 is 0. The van der Waals surface area contributed by atoms with Crippen LogP contribution in [-0.4, -0.2) is 29.2 Å². The summed E-state index contributed by atoms with van der Waals surface area (Å²) in [6.07, 6.45) is 7.98. The Morgan fingerprint density at radius 2 is 2.04 bits per heavy atom. The van der Waals surface area contributed by atoms with E-state index in [0.29, 0.717) is 11.8 Å². The molecule has 3 N–H and O–H groups in total. The van der Waals surface area contributed by atoms with E-state index in [4.69, 9.17) is 0 Å². The van der Waals surface area contributed by atoms with Gasteiger partial charge in [0, 0.05) is 23.3 Å². The van der Waals surface area contributed by atoms with Gasteiger partial charge in [0.25, 0.3) is 5.91 Å². The Labute approximate surface area is 149 Å². The number of aromatic amines is 1. The maximum absolute atomic E-state index is 12.2. The third-order valence-electron chi connectivity index (χ3n) is 5.40. The van der Waals surface area contributed by atoms with Gasteiger partial charge in [-0.3, -0.25) is 4.79 Å². The van der Waals surface area contributed by atoms with Crippen molar-refractivity contribution in [2.75, 3.05) is 6.54 Å². The number of nitrogens with one attached hydrogen (secondary N) is 3. The van der Waals surface area contributed by atoms with E-state index in [1.807, 2.05) is 6.08 Å². The zero-order chi connectivity index (χ0) is 17.6. The lowest BCUT2D eigenvalue weighted by Gasteiger charge is -2.11. The third-order valence-corrected chi connectivity index (χ3v) is 5.40. The van der Waals surface area contributed by atoms with E-state index in [0.717, 1.165) is 48.8 Å². The van der Waals surface area contributed by atoms with Crippen molar-refractivity contribution in [3.05, 3.63) is 28.1 Å². The molecule has 0 radical (unpaired) electrons. The fraction of sp³-hybridized carbons (Fsp3) is 0.600. The summed E-state index contributed by atoms with van der Waals surface area (Å²) in [5, 5.41) is 7.87. The summed E-state index contributed by atoms with van der Waals surface area (Å²) in [6.45, 7) is 7.62. The molecule has 0 atom stereocenters. The quantitative estimate of drug-likeness (QED) is 0.668. The topological polar surface area (TPSA) is 69.3 Å². The fourth-order valence-corrected chi connectivity index (χ4v) is 3.79. The van der Waals surface area contributed by atoms with Crippen molar-refractivity contribution in [1.82, 2.24) is 15.7 Å². The van der Waals surface area contributed by atoms with Crippen LogP contribution in [0.25, 0.3) is 6.08 Å². The van der Waals surface area contributed by atoms with Crippen molar-refractivity contribution in [3.63, 3.8) is 0 Å². The van der Waals surface area contributed by atoms with E-state index in [1.54, 1.807) is 0 Å². The Kier molecular flexibility index (Phi) is 4.28. The van der Waals surface area contributed by atoms with E-state index in [9.17, 15) is 4.79 Å². The molecule has 25 heavy (non-hydrogen) atoms. The maximum atomic E-state index is 12.2. The predicted octanol–water partition coefficient (Wildman–Crippen LogP) is 3.02. The van der Waals surface area contributed by atoms with Crippen LogP contribution in [0.3, 0.4) is 0 Å². The monoisotopic (exact) mass is 340 g/mol. The van der Waals surface area contributed by atoms with Gasteiger partial charge in [-0.1, -0.05) is 13.8 Å². The summed E-state index contributed by atoms with van der Waals surface area (Å²) in [7, 11) is 0. The van der Waals surface area contributed by atoms with Gasteiger partial charge in [-0.25, -0.2) is 5.43 Å². The number of rotatable bonds is 7. The Balaban J connectivity index is 1.63. The van der Waals surface area contributed by atoms with Gasteiger partial charge >= 0.3 is 0 Å². The Bertz CT molecular complexity index is 748. The van der Waals surface area contributed by atoms with Gasteiger partial charge in [-0.15, -0.1) is 0 Å². The van der Waals surface area contributed by atoms with Crippen LogP contribution < -0.4 is 10.7 Å². The van der Waals surface area contributed by atoms with Crippen LogP contribution in [0.4, 0.5) is 0 Å². The smallest absolute Gasteiger partial charge is 0.273 e. The molecule has 134 valence electrons. The van der Waals surface area contributed by atoms with Crippen LogP contribution in [0.15, 0.2) is 10.7 Å². The molecule has 0 saturated heterocycles. The first kappa shape index (κ1) is 16.6. The molecule has 2 aliphatic carbocycles. The van der Waals surface area contributed by atoms with Crippen LogP contribution in [0.5, 0.6) is 0 Å². The lowest BCUT2D eigenvalue weighted by molar-refractivity contribution is -0.116. The van der Waals surface area contributed by atoms with Crippen molar-refractivity contribution in [1.29, 1.82) is 0 Å². The third kappa shape index (κ3) is 3.43. The zero-order valence-corrected chi connectivity index (χ0v) is 15.4. The molecule has 5 nitrogen and oxygen atoms in total. The minimum atomic E-state index is -0.0687. The van der Waals surface area contributed by atoms with E-state index >= 15 is 0 Å². The maximum Gasteiger partial charge on any atom is 0.273 e. The van der Waals surface area contributed by atoms with Gasteiger partial charge < -0.3 is 10.3 Å². The van der Waals surface area contributed by atoms with E-state index in [-0.39, 0.29) is 5.91 Å². The second-order valence-corrected chi connectivity index (χ2v) is 7.96. The molecule has 0 aromatic carbocycles. The molecule has 2 heterocycles. The highest BCUT2D eigenvalue weighted by atomic mass is 16.2. The minimum absolute atomic E-state index is 0.0687.